The van der Waals surface area contributed by atoms with Crippen molar-refractivity contribution >= 4 is 17.8 Å². The normalized spacial score (nSPS) is 20.8. The van der Waals surface area contributed by atoms with Gasteiger partial charge in [0, 0.05) is 11.3 Å². The van der Waals surface area contributed by atoms with E-state index in [-0.39, 0.29) is 28.5 Å². The number of carbonyl (C=O) groups is 3. The second-order valence-corrected chi connectivity index (χ2v) is 8.50. The summed E-state index contributed by atoms with van der Waals surface area (Å²) in [6.07, 6.45) is -0.480. The lowest BCUT2D eigenvalue weighted by Gasteiger charge is -2.36. The maximum absolute atomic E-state index is 13.4. The van der Waals surface area contributed by atoms with Gasteiger partial charge in [0.25, 0.3) is 0 Å². The molecule has 0 aliphatic carbocycles. The fraction of sp³-hybridized carbons (Fsp3) is 0.409. The van der Waals surface area contributed by atoms with E-state index in [2.05, 4.69) is 5.32 Å². The second-order valence-electron chi connectivity index (χ2n) is 8.50. The third-order valence-corrected chi connectivity index (χ3v) is 4.67. The van der Waals surface area contributed by atoms with E-state index in [1.54, 1.807) is 65.8 Å². The molecule has 160 valence electrons. The zero-order valence-electron chi connectivity index (χ0n) is 17.9. The van der Waals surface area contributed by atoms with Crippen LogP contribution in [0, 0.1) is 0 Å². The third-order valence-electron chi connectivity index (χ3n) is 4.67. The van der Waals surface area contributed by atoms with Crippen molar-refractivity contribution in [2.24, 2.45) is 5.73 Å². The van der Waals surface area contributed by atoms with E-state index in [0.717, 1.165) is 0 Å². The summed E-state index contributed by atoms with van der Waals surface area (Å²) in [6.45, 7) is 10.1. The Balaban J connectivity index is 2.33. The highest BCUT2D eigenvalue weighted by atomic mass is 16.6. The van der Waals surface area contributed by atoms with Crippen molar-refractivity contribution in [2.75, 3.05) is 0 Å². The Labute approximate surface area is 175 Å². The van der Waals surface area contributed by atoms with Crippen LogP contribution in [0.15, 0.2) is 47.0 Å². The number of carbonyl (C=O) groups excluding carboxylic acids is 3. The number of benzene rings is 1. The Morgan fingerprint density at radius 3 is 2.37 bits per heavy atom. The maximum atomic E-state index is 13.4. The smallest absolute Gasteiger partial charge is 0.341 e. The molecule has 1 spiro atoms. The number of amides is 1. The van der Waals surface area contributed by atoms with E-state index in [4.69, 9.17) is 19.9 Å². The summed E-state index contributed by atoms with van der Waals surface area (Å²) in [5.41, 5.74) is 3.77. The van der Waals surface area contributed by atoms with Gasteiger partial charge in [-0.05, 0) is 47.6 Å². The number of esters is 2. The van der Waals surface area contributed by atoms with Gasteiger partial charge in [-0.3, -0.25) is 4.79 Å². The van der Waals surface area contributed by atoms with Crippen molar-refractivity contribution in [1.29, 1.82) is 0 Å². The summed E-state index contributed by atoms with van der Waals surface area (Å²) in [4.78, 5) is 39.8. The van der Waals surface area contributed by atoms with Gasteiger partial charge in [0.1, 0.15) is 22.3 Å². The Morgan fingerprint density at radius 2 is 1.77 bits per heavy atom. The Morgan fingerprint density at radius 1 is 1.13 bits per heavy atom. The molecule has 2 aliphatic heterocycles. The summed E-state index contributed by atoms with van der Waals surface area (Å²) in [6, 6.07) is 6.62. The molecule has 0 radical (unpaired) electrons. The first-order valence-corrected chi connectivity index (χ1v) is 9.64. The molecule has 0 saturated heterocycles. The monoisotopic (exact) mass is 414 g/mol. The van der Waals surface area contributed by atoms with Crippen LogP contribution in [0.3, 0.4) is 0 Å². The number of allylic oxidation sites excluding steroid dienone is 1. The topological polar surface area (TPSA) is 117 Å². The first kappa shape index (κ1) is 21.4. The summed E-state index contributed by atoms with van der Waals surface area (Å²) < 4.78 is 16.6. The average Bonchev–Trinajstić information content (AvgIpc) is 2.83. The molecule has 1 aromatic carbocycles. The lowest BCUT2D eigenvalue weighted by atomic mass is 9.67. The molecular formula is C22H26N2O6. The number of rotatable bonds is 3. The minimum absolute atomic E-state index is 0.0168. The number of para-hydroxylation sites is 1. The van der Waals surface area contributed by atoms with Crippen LogP contribution in [-0.4, -0.2) is 29.6 Å². The minimum Gasteiger partial charge on any atom is -0.459 e. The van der Waals surface area contributed by atoms with Gasteiger partial charge in [-0.1, -0.05) is 18.2 Å². The molecule has 1 atom stereocenters. The summed E-state index contributed by atoms with van der Waals surface area (Å²) in [5.74, 6) is -2.22. The number of nitrogens with two attached hydrogens (primary N) is 1. The summed E-state index contributed by atoms with van der Waals surface area (Å²) >= 11 is 0. The van der Waals surface area contributed by atoms with Crippen molar-refractivity contribution in [2.45, 2.75) is 58.7 Å². The molecule has 0 aromatic heterocycles. The molecule has 3 N–H and O–H groups in total. The van der Waals surface area contributed by atoms with E-state index >= 15 is 0 Å². The van der Waals surface area contributed by atoms with E-state index in [0.29, 0.717) is 5.56 Å². The van der Waals surface area contributed by atoms with Crippen LogP contribution in [0.1, 0.15) is 47.1 Å². The van der Waals surface area contributed by atoms with Crippen LogP contribution < -0.4 is 15.8 Å². The Hall–Kier alpha value is -3.29. The van der Waals surface area contributed by atoms with Gasteiger partial charge in [0.15, 0.2) is 0 Å². The highest BCUT2D eigenvalue weighted by Crippen LogP contribution is 2.51. The average molecular weight is 414 g/mol. The highest BCUT2D eigenvalue weighted by Gasteiger charge is 2.62. The molecular weight excluding hydrogens is 388 g/mol. The van der Waals surface area contributed by atoms with Gasteiger partial charge in [0.05, 0.1) is 11.7 Å². The van der Waals surface area contributed by atoms with Gasteiger partial charge >= 0.3 is 11.9 Å². The quantitative estimate of drug-likeness (QED) is 0.728. The largest absolute Gasteiger partial charge is 0.459 e. The van der Waals surface area contributed by atoms with E-state index in [9.17, 15) is 14.4 Å². The lowest BCUT2D eigenvalue weighted by Crippen LogP contribution is -2.49. The third kappa shape index (κ3) is 3.32. The van der Waals surface area contributed by atoms with Crippen molar-refractivity contribution in [1.82, 2.24) is 5.32 Å². The molecule has 0 saturated carbocycles. The van der Waals surface area contributed by atoms with Crippen LogP contribution >= 0.6 is 0 Å². The van der Waals surface area contributed by atoms with Gasteiger partial charge in [-0.15, -0.1) is 0 Å². The van der Waals surface area contributed by atoms with Gasteiger partial charge in [-0.25, -0.2) is 9.59 Å². The zero-order chi connectivity index (χ0) is 22.4. The van der Waals surface area contributed by atoms with Gasteiger partial charge in [0.2, 0.25) is 11.8 Å². The fourth-order valence-electron chi connectivity index (χ4n) is 3.73. The standard InChI is InChI=1S/C22H26N2O6/c1-11(2)28-18(25)16-17(23)29-14-10-8-7-9-13(14)22(16)15(12(3)24-20(22)27)19(26)30-21(4,5)6/h7-11H,23H2,1-6H3,(H,24,27). The molecule has 1 amide bonds. The van der Waals surface area contributed by atoms with Crippen molar-refractivity contribution < 1.29 is 28.6 Å². The first-order chi connectivity index (χ1) is 13.9. The number of ether oxygens (including phenoxy) is 3. The van der Waals surface area contributed by atoms with E-state index in [1.807, 2.05) is 0 Å². The van der Waals surface area contributed by atoms with E-state index in [1.165, 1.54) is 0 Å². The zero-order valence-corrected chi connectivity index (χ0v) is 17.9. The van der Waals surface area contributed by atoms with Gasteiger partial charge in [-0.2, -0.15) is 0 Å². The Kier molecular flexibility index (Phi) is 5.14. The Bertz CT molecular complexity index is 999. The lowest BCUT2D eigenvalue weighted by molar-refractivity contribution is -0.151. The van der Waals surface area contributed by atoms with E-state index < -0.39 is 35.0 Å². The predicted molar refractivity (Wildman–Crippen MR) is 108 cm³/mol. The number of hydrogen-bond donors (Lipinski definition) is 2. The SMILES string of the molecule is CC1=C(C(=O)OC(C)(C)C)C2(C(=O)N1)C(C(=O)OC(C)C)=C(N)Oc1ccccc12. The molecule has 8 nitrogen and oxygen atoms in total. The predicted octanol–water partition coefficient (Wildman–Crippen LogP) is 2.18. The van der Waals surface area contributed by atoms with Crippen LogP contribution in [0.5, 0.6) is 5.75 Å². The summed E-state index contributed by atoms with van der Waals surface area (Å²) in [7, 11) is 0. The van der Waals surface area contributed by atoms with Crippen LogP contribution in [-0.2, 0) is 29.3 Å². The molecule has 1 unspecified atom stereocenters. The van der Waals surface area contributed by atoms with Crippen LogP contribution in [0.2, 0.25) is 0 Å². The molecule has 3 rings (SSSR count). The van der Waals surface area contributed by atoms with Crippen molar-refractivity contribution in [3.63, 3.8) is 0 Å². The number of nitrogens with one attached hydrogen (secondary N) is 1. The molecule has 30 heavy (non-hydrogen) atoms. The first-order valence-electron chi connectivity index (χ1n) is 9.64. The van der Waals surface area contributed by atoms with Crippen LogP contribution in [0.25, 0.3) is 0 Å². The summed E-state index contributed by atoms with van der Waals surface area (Å²) in [5, 5.41) is 2.68. The fourth-order valence-corrected chi connectivity index (χ4v) is 3.73. The van der Waals surface area contributed by atoms with Crippen molar-refractivity contribution in [3.8, 4) is 5.75 Å². The molecule has 1 aromatic rings. The molecule has 0 fully saturated rings. The molecule has 8 heteroatoms. The maximum Gasteiger partial charge on any atom is 0.341 e. The van der Waals surface area contributed by atoms with Gasteiger partial charge < -0.3 is 25.3 Å². The highest BCUT2D eigenvalue weighted by molar-refractivity contribution is 6.17. The number of hydrogen-bond acceptors (Lipinski definition) is 7. The molecule has 2 aliphatic rings. The molecule has 0 bridgehead atoms. The van der Waals surface area contributed by atoms with Crippen LogP contribution in [0.4, 0.5) is 0 Å². The minimum atomic E-state index is -1.85. The van der Waals surface area contributed by atoms with Crippen molar-refractivity contribution in [3.05, 3.63) is 52.6 Å². The second kappa shape index (κ2) is 7.19. The molecule has 2 heterocycles. The number of fused-ring (bicyclic) bond motifs is 2.